The molecule has 2 aromatic carbocycles. The molecule has 3 rings (SSSR count). The van der Waals surface area contributed by atoms with Crippen LogP contribution in [0.2, 0.25) is 5.02 Å². The SMILES string of the molecule is C[C@H](NCc1cc(=O)oc2cc(O)ccc12)c1cccc(Cl)c1. The highest BCUT2D eigenvalue weighted by molar-refractivity contribution is 6.30. The van der Waals surface area contributed by atoms with Crippen LogP contribution in [0.25, 0.3) is 11.0 Å². The van der Waals surface area contributed by atoms with Crippen LogP contribution in [0, 0.1) is 0 Å². The van der Waals surface area contributed by atoms with E-state index in [1.807, 2.05) is 31.2 Å². The van der Waals surface area contributed by atoms with Crippen LogP contribution >= 0.6 is 11.6 Å². The lowest BCUT2D eigenvalue weighted by Crippen LogP contribution is -2.19. The highest BCUT2D eigenvalue weighted by Crippen LogP contribution is 2.23. The molecular formula is C18H16ClNO3. The molecule has 118 valence electrons. The van der Waals surface area contributed by atoms with Crippen LogP contribution in [0.1, 0.15) is 24.1 Å². The Hall–Kier alpha value is -2.30. The van der Waals surface area contributed by atoms with Crippen LogP contribution < -0.4 is 10.9 Å². The number of hydrogen-bond acceptors (Lipinski definition) is 4. The van der Waals surface area contributed by atoms with Gasteiger partial charge in [0.05, 0.1) is 0 Å². The van der Waals surface area contributed by atoms with Gasteiger partial charge in [-0.15, -0.1) is 0 Å². The molecule has 1 aromatic heterocycles. The average Bonchev–Trinajstić information content (AvgIpc) is 2.51. The molecule has 0 saturated carbocycles. The molecule has 1 heterocycles. The summed E-state index contributed by atoms with van der Waals surface area (Å²) in [5, 5.41) is 14.4. The van der Waals surface area contributed by atoms with Crippen molar-refractivity contribution in [2.24, 2.45) is 0 Å². The summed E-state index contributed by atoms with van der Waals surface area (Å²) >= 11 is 6.01. The summed E-state index contributed by atoms with van der Waals surface area (Å²) in [5.41, 5.74) is 1.84. The lowest BCUT2D eigenvalue weighted by Gasteiger charge is -2.15. The zero-order chi connectivity index (χ0) is 16.4. The van der Waals surface area contributed by atoms with Crippen LogP contribution in [0.4, 0.5) is 0 Å². The number of nitrogens with one attached hydrogen (secondary N) is 1. The summed E-state index contributed by atoms with van der Waals surface area (Å²) < 4.78 is 5.13. The lowest BCUT2D eigenvalue weighted by atomic mass is 10.1. The highest BCUT2D eigenvalue weighted by Gasteiger charge is 2.09. The summed E-state index contributed by atoms with van der Waals surface area (Å²) in [6.07, 6.45) is 0. The quantitative estimate of drug-likeness (QED) is 0.710. The Morgan fingerprint density at radius 3 is 2.83 bits per heavy atom. The summed E-state index contributed by atoms with van der Waals surface area (Å²) in [4.78, 5) is 11.7. The average molecular weight is 330 g/mol. The predicted octanol–water partition coefficient (Wildman–Crippen LogP) is 4.00. The van der Waals surface area contributed by atoms with E-state index in [0.29, 0.717) is 17.2 Å². The van der Waals surface area contributed by atoms with Gasteiger partial charge in [0.2, 0.25) is 0 Å². The number of fused-ring (bicyclic) bond motifs is 1. The summed E-state index contributed by atoms with van der Waals surface area (Å²) in [6, 6.07) is 14.0. The first-order valence-electron chi connectivity index (χ1n) is 7.27. The van der Waals surface area contributed by atoms with Crippen LogP contribution in [0.15, 0.2) is 57.7 Å². The Bertz CT molecular complexity index is 904. The second-order valence-corrected chi connectivity index (χ2v) is 5.87. The van der Waals surface area contributed by atoms with Crippen LogP contribution in [-0.2, 0) is 6.54 Å². The standard InChI is InChI=1S/C18H16ClNO3/c1-11(12-3-2-4-14(19)7-12)20-10-13-8-18(22)23-17-9-15(21)5-6-16(13)17/h2-9,11,20-21H,10H2,1H3/t11-/m0/s1. The Kier molecular flexibility index (Phi) is 4.37. The van der Waals surface area contributed by atoms with Gasteiger partial charge in [-0.1, -0.05) is 23.7 Å². The highest BCUT2D eigenvalue weighted by atomic mass is 35.5. The van der Waals surface area contributed by atoms with Crippen molar-refractivity contribution in [1.29, 1.82) is 0 Å². The largest absolute Gasteiger partial charge is 0.508 e. The van der Waals surface area contributed by atoms with E-state index in [1.165, 1.54) is 12.1 Å². The van der Waals surface area contributed by atoms with Gasteiger partial charge in [0.1, 0.15) is 11.3 Å². The molecule has 0 radical (unpaired) electrons. The number of benzene rings is 2. The number of rotatable bonds is 4. The van der Waals surface area contributed by atoms with E-state index < -0.39 is 5.63 Å². The van der Waals surface area contributed by atoms with Crippen molar-refractivity contribution in [2.45, 2.75) is 19.5 Å². The molecule has 0 amide bonds. The molecule has 3 aromatic rings. The third kappa shape index (κ3) is 3.55. The van der Waals surface area contributed by atoms with Gasteiger partial charge < -0.3 is 14.8 Å². The van der Waals surface area contributed by atoms with Crippen molar-refractivity contribution in [3.05, 3.63) is 75.1 Å². The van der Waals surface area contributed by atoms with E-state index in [2.05, 4.69) is 5.32 Å². The molecule has 0 unspecified atom stereocenters. The number of aromatic hydroxyl groups is 1. The van der Waals surface area contributed by atoms with Crippen LogP contribution in [0.5, 0.6) is 5.75 Å². The van der Waals surface area contributed by atoms with E-state index in [-0.39, 0.29) is 11.8 Å². The van der Waals surface area contributed by atoms with E-state index in [4.69, 9.17) is 16.0 Å². The molecule has 0 aliphatic heterocycles. The minimum absolute atomic E-state index is 0.0676. The van der Waals surface area contributed by atoms with Crippen LogP contribution in [0.3, 0.4) is 0 Å². The molecule has 2 N–H and O–H groups in total. The van der Waals surface area contributed by atoms with E-state index in [0.717, 1.165) is 16.5 Å². The first kappa shape index (κ1) is 15.6. The minimum atomic E-state index is -0.435. The second kappa shape index (κ2) is 6.44. The van der Waals surface area contributed by atoms with Gasteiger partial charge in [0, 0.05) is 35.1 Å². The van der Waals surface area contributed by atoms with Gasteiger partial charge in [0.25, 0.3) is 0 Å². The first-order valence-corrected chi connectivity index (χ1v) is 7.65. The van der Waals surface area contributed by atoms with Crippen molar-refractivity contribution in [1.82, 2.24) is 5.32 Å². The molecule has 0 spiro atoms. The molecule has 0 aliphatic rings. The second-order valence-electron chi connectivity index (χ2n) is 5.43. The Balaban J connectivity index is 1.85. The molecule has 1 atom stereocenters. The van der Waals surface area contributed by atoms with Crippen molar-refractivity contribution in [2.75, 3.05) is 0 Å². The number of phenols is 1. The molecule has 23 heavy (non-hydrogen) atoms. The summed E-state index contributed by atoms with van der Waals surface area (Å²) in [7, 11) is 0. The zero-order valence-electron chi connectivity index (χ0n) is 12.5. The van der Waals surface area contributed by atoms with Gasteiger partial charge in [-0.2, -0.15) is 0 Å². The predicted molar refractivity (Wildman–Crippen MR) is 90.9 cm³/mol. The fourth-order valence-corrected chi connectivity index (χ4v) is 2.72. The van der Waals surface area contributed by atoms with Gasteiger partial charge in [-0.25, -0.2) is 4.79 Å². The maximum Gasteiger partial charge on any atom is 0.336 e. The van der Waals surface area contributed by atoms with E-state index in [9.17, 15) is 9.90 Å². The molecule has 5 heteroatoms. The molecule has 0 fully saturated rings. The fourth-order valence-electron chi connectivity index (χ4n) is 2.52. The fraction of sp³-hybridized carbons (Fsp3) is 0.167. The molecule has 0 bridgehead atoms. The van der Waals surface area contributed by atoms with Crippen LogP contribution in [-0.4, -0.2) is 5.11 Å². The monoisotopic (exact) mass is 329 g/mol. The van der Waals surface area contributed by atoms with Crippen molar-refractivity contribution in [3.8, 4) is 5.75 Å². The minimum Gasteiger partial charge on any atom is -0.508 e. The van der Waals surface area contributed by atoms with Gasteiger partial charge in [0.15, 0.2) is 0 Å². The number of phenolic OH excluding ortho intramolecular Hbond substituents is 1. The summed E-state index contributed by atoms with van der Waals surface area (Å²) in [5.74, 6) is 0.0676. The van der Waals surface area contributed by atoms with Crippen molar-refractivity contribution < 1.29 is 9.52 Å². The van der Waals surface area contributed by atoms with E-state index >= 15 is 0 Å². The van der Waals surface area contributed by atoms with Gasteiger partial charge >= 0.3 is 5.63 Å². The first-order chi connectivity index (χ1) is 11.0. The number of halogens is 1. The van der Waals surface area contributed by atoms with Gasteiger partial charge in [-0.05, 0) is 42.3 Å². The molecular weight excluding hydrogens is 314 g/mol. The normalized spacial score (nSPS) is 12.4. The Morgan fingerprint density at radius 2 is 2.04 bits per heavy atom. The summed E-state index contributed by atoms with van der Waals surface area (Å²) in [6.45, 7) is 2.53. The van der Waals surface area contributed by atoms with E-state index in [1.54, 1.807) is 12.1 Å². The third-order valence-corrected chi connectivity index (χ3v) is 4.00. The number of hydrogen-bond donors (Lipinski definition) is 2. The maximum atomic E-state index is 11.7. The molecule has 4 nitrogen and oxygen atoms in total. The Morgan fingerprint density at radius 1 is 1.22 bits per heavy atom. The zero-order valence-corrected chi connectivity index (χ0v) is 13.3. The maximum absolute atomic E-state index is 11.7. The third-order valence-electron chi connectivity index (χ3n) is 3.76. The van der Waals surface area contributed by atoms with Gasteiger partial charge in [-0.3, -0.25) is 0 Å². The Labute approximate surface area is 138 Å². The van der Waals surface area contributed by atoms with Crippen molar-refractivity contribution >= 4 is 22.6 Å². The van der Waals surface area contributed by atoms with Crippen molar-refractivity contribution in [3.63, 3.8) is 0 Å². The lowest BCUT2D eigenvalue weighted by molar-refractivity contribution is 0.473. The topological polar surface area (TPSA) is 62.5 Å². The smallest absolute Gasteiger partial charge is 0.336 e. The molecule has 0 saturated heterocycles. The molecule has 0 aliphatic carbocycles.